The normalized spacial score (nSPS) is 23.4. The molecule has 2 atom stereocenters. The van der Waals surface area contributed by atoms with Gasteiger partial charge in [-0.05, 0) is 26.7 Å². The molecule has 5 nitrogen and oxygen atoms in total. The Hall–Kier alpha value is -1.36. The summed E-state index contributed by atoms with van der Waals surface area (Å²) in [6.45, 7) is 4.17. The van der Waals surface area contributed by atoms with Crippen molar-refractivity contribution in [3.63, 3.8) is 0 Å². The number of nitrogens with zero attached hydrogens (tertiary/aromatic N) is 2. The van der Waals surface area contributed by atoms with Gasteiger partial charge in [-0.25, -0.2) is 9.97 Å². The number of nitrogens with one attached hydrogen (secondary N) is 1. The van der Waals surface area contributed by atoms with Crippen molar-refractivity contribution in [1.29, 1.82) is 0 Å². The van der Waals surface area contributed by atoms with Crippen LogP contribution in [-0.4, -0.2) is 33.8 Å². The van der Waals surface area contributed by atoms with Gasteiger partial charge in [0.25, 0.3) is 0 Å². The predicted molar refractivity (Wildman–Crippen MR) is 74.3 cm³/mol. The fourth-order valence-electron chi connectivity index (χ4n) is 2.53. The van der Waals surface area contributed by atoms with Crippen LogP contribution in [0.4, 0.5) is 5.82 Å². The lowest BCUT2D eigenvalue weighted by atomic mass is 9.85. The van der Waals surface area contributed by atoms with Crippen LogP contribution in [0.3, 0.4) is 0 Å². The second-order valence-corrected chi connectivity index (χ2v) is 5.39. The van der Waals surface area contributed by atoms with Crippen LogP contribution >= 0.6 is 0 Å². The summed E-state index contributed by atoms with van der Waals surface area (Å²) in [4.78, 5) is 8.31. The van der Waals surface area contributed by atoms with Crippen molar-refractivity contribution in [1.82, 2.24) is 9.97 Å². The maximum absolute atomic E-state index is 9.42. The molecule has 19 heavy (non-hydrogen) atoms. The third-order valence-electron chi connectivity index (χ3n) is 3.48. The van der Waals surface area contributed by atoms with Gasteiger partial charge in [-0.3, -0.25) is 0 Å². The number of aromatic nitrogens is 2. The van der Waals surface area contributed by atoms with Crippen molar-refractivity contribution in [3.8, 4) is 5.88 Å². The van der Waals surface area contributed by atoms with Crippen LogP contribution in [0.2, 0.25) is 0 Å². The predicted octanol–water partition coefficient (Wildman–Crippen LogP) is 2.23. The molecule has 0 bridgehead atoms. The number of anilines is 1. The second-order valence-electron chi connectivity index (χ2n) is 5.39. The lowest BCUT2D eigenvalue weighted by Gasteiger charge is -2.31. The van der Waals surface area contributed by atoms with E-state index in [4.69, 9.17) is 4.74 Å². The van der Waals surface area contributed by atoms with E-state index in [1.165, 1.54) is 19.2 Å². The Morgan fingerprint density at radius 2 is 2.16 bits per heavy atom. The number of ether oxygens (including phenoxy) is 1. The fourth-order valence-corrected chi connectivity index (χ4v) is 2.53. The molecule has 1 aliphatic carbocycles. The first-order valence-electron chi connectivity index (χ1n) is 7.05. The molecule has 0 aliphatic heterocycles. The molecule has 1 aromatic rings. The van der Waals surface area contributed by atoms with Crippen molar-refractivity contribution in [2.24, 2.45) is 5.92 Å². The maximum atomic E-state index is 9.42. The Bertz CT molecular complexity index is 398. The summed E-state index contributed by atoms with van der Waals surface area (Å²) in [7, 11) is 0. The number of hydrogen-bond acceptors (Lipinski definition) is 5. The van der Waals surface area contributed by atoms with Gasteiger partial charge < -0.3 is 15.2 Å². The third kappa shape index (κ3) is 4.06. The summed E-state index contributed by atoms with van der Waals surface area (Å²) in [6.07, 6.45) is 6.17. The van der Waals surface area contributed by atoms with E-state index in [1.54, 1.807) is 0 Å². The smallest absolute Gasteiger partial charge is 0.218 e. The van der Waals surface area contributed by atoms with E-state index >= 15 is 0 Å². The Labute approximate surface area is 114 Å². The minimum atomic E-state index is 0.0996. The Balaban J connectivity index is 2.01. The van der Waals surface area contributed by atoms with Crippen molar-refractivity contribution in [2.45, 2.75) is 51.7 Å². The van der Waals surface area contributed by atoms with E-state index in [2.05, 4.69) is 15.3 Å². The molecule has 1 aliphatic rings. The average molecular weight is 265 g/mol. The quantitative estimate of drug-likeness (QED) is 0.854. The van der Waals surface area contributed by atoms with Crippen LogP contribution in [0.15, 0.2) is 12.4 Å². The molecule has 0 amide bonds. The fraction of sp³-hybridized carbons (Fsp3) is 0.714. The van der Waals surface area contributed by atoms with Crippen LogP contribution in [-0.2, 0) is 0 Å². The van der Waals surface area contributed by atoms with E-state index in [0.29, 0.717) is 17.8 Å². The highest BCUT2D eigenvalue weighted by atomic mass is 16.5. The highest BCUT2D eigenvalue weighted by Crippen LogP contribution is 2.27. The van der Waals surface area contributed by atoms with Gasteiger partial charge in [0.1, 0.15) is 12.1 Å². The van der Waals surface area contributed by atoms with Gasteiger partial charge in [0.2, 0.25) is 5.88 Å². The molecule has 2 N–H and O–H groups in total. The summed E-state index contributed by atoms with van der Waals surface area (Å²) in [5.74, 6) is 1.68. The number of hydrogen-bond donors (Lipinski definition) is 2. The van der Waals surface area contributed by atoms with Gasteiger partial charge >= 0.3 is 0 Å². The van der Waals surface area contributed by atoms with E-state index in [0.717, 1.165) is 18.7 Å². The highest BCUT2D eigenvalue weighted by Gasteiger charge is 2.24. The van der Waals surface area contributed by atoms with Gasteiger partial charge in [-0.15, -0.1) is 0 Å². The van der Waals surface area contributed by atoms with Crippen LogP contribution in [0.5, 0.6) is 5.88 Å². The molecule has 0 radical (unpaired) electrons. The standard InChI is InChI=1S/C14H23N3O2/c1-10(2)19-14-7-13(15-9-16-14)17-12-6-4-3-5-11(12)8-18/h7,9-12,18H,3-6,8H2,1-2H3,(H,15,16,17). The Kier molecular flexibility index (Phi) is 4.96. The first kappa shape index (κ1) is 14.1. The SMILES string of the molecule is CC(C)Oc1cc(NC2CCCCC2CO)ncn1. The molecule has 1 fully saturated rings. The summed E-state index contributed by atoms with van der Waals surface area (Å²) < 4.78 is 5.56. The van der Waals surface area contributed by atoms with Crippen molar-refractivity contribution in [3.05, 3.63) is 12.4 Å². The van der Waals surface area contributed by atoms with Crippen molar-refractivity contribution >= 4 is 5.82 Å². The van der Waals surface area contributed by atoms with Gasteiger partial charge in [0.05, 0.1) is 6.10 Å². The third-order valence-corrected chi connectivity index (χ3v) is 3.48. The topological polar surface area (TPSA) is 67.3 Å². The summed E-state index contributed by atoms with van der Waals surface area (Å²) in [5.41, 5.74) is 0. The molecule has 0 saturated heterocycles. The van der Waals surface area contributed by atoms with E-state index < -0.39 is 0 Å². The summed E-state index contributed by atoms with van der Waals surface area (Å²) >= 11 is 0. The Morgan fingerprint density at radius 1 is 1.37 bits per heavy atom. The molecular formula is C14H23N3O2. The van der Waals surface area contributed by atoms with Crippen LogP contribution < -0.4 is 10.1 Å². The highest BCUT2D eigenvalue weighted by molar-refractivity contribution is 5.38. The van der Waals surface area contributed by atoms with E-state index in [-0.39, 0.29) is 12.7 Å². The number of aliphatic hydroxyl groups is 1. The lowest BCUT2D eigenvalue weighted by molar-refractivity contribution is 0.178. The monoisotopic (exact) mass is 265 g/mol. The zero-order chi connectivity index (χ0) is 13.7. The minimum absolute atomic E-state index is 0.0996. The first-order valence-corrected chi connectivity index (χ1v) is 7.05. The van der Waals surface area contributed by atoms with Crippen molar-refractivity contribution < 1.29 is 9.84 Å². The summed E-state index contributed by atoms with van der Waals surface area (Å²) in [6, 6.07) is 2.11. The second kappa shape index (κ2) is 6.70. The van der Waals surface area contributed by atoms with Gasteiger partial charge in [-0.2, -0.15) is 0 Å². The molecule has 106 valence electrons. The zero-order valence-corrected chi connectivity index (χ0v) is 11.7. The largest absolute Gasteiger partial charge is 0.475 e. The van der Waals surface area contributed by atoms with Gasteiger partial charge in [-0.1, -0.05) is 12.8 Å². The number of aliphatic hydroxyl groups excluding tert-OH is 1. The van der Waals surface area contributed by atoms with Crippen molar-refractivity contribution in [2.75, 3.05) is 11.9 Å². The van der Waals surface area contributed by atoms with E-state index in [1.807, 2.05) is 19.9 Å². The van der Waals surface area contributed by atoms with Gasteiger partial charge in [0.15, 0.2) is 0 Å². The zero-order valence-electron chi connectivity index (χ0n) is 11.7. The molecule has 1 aromatic heterocycles. The molecule has 2 rings (SSSR count). The van der Waals surface area contributed by atoms with E-state index in [9.17, 15) is 5.11 Å². The van der Waals surface area contributed by atoms with Crippen LogP contribution in [0.1, 0.15) is 39.5 Å². The van der Waals surface area contributed by atoms with Crippen LogP contribution in [0.25, 0.3) is 0 Å². The first-order chi connectivity index (χ1) is 9.19. The maximum Gasteiger partial charge on any atom is 0.218 e. The molecular weight excluding hydrogens is 242 g/mol. The minimum Gasteiger partial charge on any atom is -0.475 e. The molecule has 2 unspecified atom stereocenters. The number of rotatable bonds is 5. The summed E-state index contributed by atoms with van der Waals surface area (Å²) in [5, 5.41) is 12.8. The molecule has 5 heteroatoms. The van der Waals surface area contributed by atoms with Crippen LogP contribution in [0, 0.1) is 5.92 Å². The lowest BCUT2D eigenvalue weighted by Crippen LogP contribution is -2.34. The molecule has 0 spiro atoms. The molecule has 1 saturated carbocycles. The Morgan fingerprint density at radius 3 is 2.89 bits per heavy atom. The molecule has 1 heterocycles. The molecule has 0 aromatic carbocycles. The van der Waals surface area contributed by atoms with Gasteiger partial charge in [0, 0.05) is 24.6 Å². The average Bonchev–Trinajstić information content (AvgIpc) is 2.39.